The highest BCUT2D eigenvalue weighted by molar-refractivity contribution is 8.90. The molecule has 146 valence electrons. The second kappa shape index (κ2) is 5.45. The Morgan fingerprint density at radius 1 is 0.654 bits per heavy atom. The molecule has 5 heterocycles. The Balaban J connectivity index is 2.01. The van der Waals surface area contributed by atoms with Gasteiger partial charge in [-0.2, -0.15) is 0 Å². The molecule has 0 nitrogen and oxygen atoms in total. The molecule has 6 atom stereocenters. The topological polar surface area (TPSA) is 0 Å². The summed E-state index contributed by atoms with van der Waals surface area (Å²) < 4.78 is 1.41. The van der Waals surface area contributed by atoms with Crippen molar-refractivity contribution in [1.82, 2.24) is 0 Å². The van der Waals surface area contributed by atoms with Crippen LogP contribution in [-0.2, 0) is 0 Å². The van der Waals surface area contributed by atoms with E-state index in [0.29, 0.717) is 26.3 Å². The summed E-state index contributed by atoms with van der Waals surface area (Å²) in [4.78, 5) is 0. The lowest BCUT2D eigenvalue weighted by molar-refractivity contribution is 0.416. The van der Waals surface area contributed by atoms with Crippen LogP contribution in [0.25, 0.3) is 0 Å². The Labute approximate surface area is 170 Å². The first kappa shape index (κ1) is 21.3. The molecule has 5 rings (SSSR count). The molecule has 0 aromatic rings. The van der Waals surface area contributed by atoms with Crippen LogP contribution in [-0.4, -0.2) is 19.3 Å². The maximum atomic E-state index is 2.63. The van der Waals surface area contributed by atoms with Gasteiger partial charge in [-0.15, -0.1) is 0 Å². The van der Waals surface area contributed by atoms with E-state index in [1.807, 2.05) is 26.2 Å². The van der Waals surface area contributed by atoms with E-state index in [0.717, 1.165) is 4.64 Å². The number of rotatable bonds is 0. The Morgan fingerprint density at radius 3 is 1.50 bits per heavy atom. The van der Waals surface area contributed by atoms with Gasteiger partial charge in [0.1, 0.15) is 0 Å². The smallest absolute Gasteiger partial charge is 0.0741 e. The molecule has 0 aromatic carbocycles. The fourth-order valence-electron chi connectivity index (χ4n) is 4.90. The number of hydrogen-bond donors (Lipinski definition) is 0. The predicted octanol–water partition coefficient (Wildman–Crippen LogP) is 10.4. The second-order valence-electron chi connectivity index (χ2n) is 12.4. The van der Waals surface area contributed by atoms with Crippen molar-refractivity contribution in [1.29, 1.82) is 0 Å². The van der Waals surface area contributed by atoms with Crippen molar-refractivity contribution in [3.05, 3.63) is 0 Å². The standard InChI is InChI=1S/C20H36P6/c1-15(2,3)13-21-19(17(7,8)9)25-20(18(10,11)12)23(13)26(19)24(20)14(22-25)16(4,5)6/h1-12H3. The van der Waals surface area contributed by atoms with E-state index in [2.05, 4.69) is 83.1 Å². The third kappa shape index (κ3) is 2.16. The van der Waals surface area contributed by atoms with Gasteiger partial charge in [-0.3, -0.25) is 0 Å². The van der Waals surface area contributed by atoms with Gasteiger partial charge in [-0.05, 0) is 61.9 Å². The van der Waals surface area contributed by atoms with Gasteiger partial charge >= 0.3 is 0 Å². The Bertz CT molecular complexity index is 730. The molecule has 0 N–H and O–H groups in total. The van der Waals surface area contributed by atoms with Gasteiger partial charge in [0.05, 0.1) is 9.28 Å². The quantitative estimate of drug-likeness (QED) is 0.314. The fraction of sp³-hybridized carbons (Fsp3) is 0.900. The van der Waals surface area contributed by atoms with Gasteiger partial charge in [-0.1, -0.05) is 99.2 Å². The molecular formula is C20H36P6. The summed E-state index contributed by atoms with van der Waals surface area (Å²) in [6.07, 6.45) is 0. The van der Waals surface area contributed by atoms with Crippen molar-refractivity contribution < 1.29 is 0 Å². The van der Waals surface area contributed by atoms with Crippen molar-refractivity contribution in [2.45, 2.75) is 92.4 Å². The molecule has 0 aromatic heterocycles. The summed E-state index contributed by atoms with van der Waals surface area (Å²) in [7, 11) is 4.27. The zero-order valence-corrected chi connectivity index (χ0v) is 24.0. The van der Waals surface area contributed by atoms with Gasteiger partial charge in [0.25, 0.3) is 0 Å². The van der Waals surface area contributed by atoms with Gasteiger partial charge in [0.2, 0.25) is 0 Å². The predicted molar refractivity (Wildman–Crippen MR) is 135 cm³/mol. The van der Waals surface area contributed by atoms with E-state index >= 15 is 0 Å². The molecule has 0 saturated carbocycles. The molecule has 3 saturated heterocycles. The SMILES string of the molecule is CC(C)(C)C1=PP2C3(C(C)(C)C)P=C(C(C)(C)C)P4P3P1C42C(C)(C)C. The average Bonchev–Trinajstić information content (AvgIpc) is 2.97. The minimum atomic E-state index is 0.0967. The lowest BCUT2D eigenvalue weighted by Crippen LogP contribution is -2.41. The minimum absolute atomic E-state index is 0.0967. The lowest BCUT2D eigenvalue weighted by Gasteiger charge is -2.62. The Morgan fingerprint density at radius 2 is 1.12 bits per heavy atom. The van der Waals surface area contributed by atoms with Crippen molar-refractivity contribution in [3.63, 3.8) is 0 Å². The monoisotopic (exact) mass is 462 g/mol. The normalized spacial score (nSPS) is 45.4. The van der Waals surface area contributed by atoms with Gasteiger partial charge in [0, 0.05) is 0 Å². The van der Waals surface area contributed by atoms with Crippen molar-refractivity contribution >= 4 is 56.3 Å². The minimum Gasteiger partial charge on any atom is -0.0811 e. The Kier molecular flexibility index (Phi) is 4.47. The lowest BCUT2D eigenvalue weighted by atomic mass is 9.98. The van der Waals surface area contributed by atoms with Crippen molar-refractivity contribution in [2.24, 2.45) is 21.7 Å². The van der Waals surface area contributed by atoms with Crippen LogP contribution < -0.4 is 0 Å². The molecule has 6 unspecified atom stereocenters. The van der Waals surface area contributed by atoms with Crippen LogP contribution in [0.3, 0.4) is 0 Å². The van der Waals surface area contributed by atoms with Crippen LogP contribution in [0.5, 0.6) is 0 Å². The number of hydrogen-bond acceptors (Lipinski definition) is 0. The van der Waals surface area contributed by atoms with Gasteiger partial charge < -0.3 is 0 Å². The van der Waals surface area contributed by atoms with E-state index in [4.69, 9.17) is 0 Å². The van der Waals surface area contributed by atoms with Gasteiger partial charge in [0.15, 0.2) is 0 Å². The van der Waals surface area contributed by atoms with Crippen LogP contribution >= 0.6 is 46.2 Å². The molecule has 3 fully saturated rings. The molecule has 0 spiro atoms. The highest BCUT2D eigenvalue weighted by Crippen LogP contribution is 3.34. The summed E-state index contributed by atoms with van der Waals surface area (Å²) in [5.74, 6) is 0. The zero-order valence-electron chi connectivity index (χ0n) is 18.7. The maximum absolute atomic E-state index is 2.63. The molecule has 26 heavy (non-hydrogen) atoms. The van der Waals surface area contributed by atoms with Crippen LogP contribution in [0.2, 0.25) is 0 Å². The van der Waals surface area contributed by atoms with E-state index < -0.39 is 0 Å². The third-order valence-corrected chi connectivity index (χ3v) is 46.9. The molecule has 5 aliphatic rings. The molecule has 6 bridgehead atoms. The molecule has 0 amide bonds. The molecule has 0 aliphatic carbocycles. The first-order valence-electron chi connectivity index (χ1n) is 9.84. The van der Waals surface area contributed by atoms with Crippen LogP contribution in [0.15, 0.2) is 0 Å². The van der Waals surface area contributed by atoms with E-state index in [9.17, 15) is 0 Å². The highest BCUT2D eigenvalue weighted by Gasteiger charge is 2.91. The molecular weight excluding hydrogens is 426 g/mol. The summed E-state index contributed by atoms with van der Waals surface area (Å²) in [5, 5.41) is 4.05. The zero-order chi connectivity index (χ0) is 19.9. The first-order valence-corrected chi connectivity index (χ1v) is 19.1. The average molecular weight is 462 g/mol. The first-order chi connectivity index (χ1) is 11.4. The highest BCUT2D eigenvalue weighted by atomic mass is 32.5. The maximum Gasteiger partial charge on any atom is 0.0741 e. The van der Waals surface area contributed by atoms with Crippen LogP contribution in [0, 0.1) is 21.7 Å². The fourth-order valence-corrected chi connectivity index (χ4v) is 69.2. The summed E-state index contributed by atoms with van der Waals surface area (Å²) in [5.41, 5.74) is 1.79. The van der Waals surface area contributed by atoms with E-state index in [1.54, 1.807) is 0 Å². The second-order valence-corrected chi connectivity index (χ2v) is 31.4. The summed E-state index contributed by atoms with van der Waals surface area (Å²) in [6.45, 7) is 30.8. The van der Waals surface area contributed by atoms with Gasteiger partial charge in [-0.25, -0.2) is 0 Å². The summed E-state index contributed by atoms with van der Waals surface area (Å²) >= 11 is 0. The Hall–Kier alpha value is 2.06. The van der Waals surface area contributed by atoms with Crippen LogP contribution in [0.1, 0.15) is 83.1 Å². The molecule has 0 radical (unpaired) electrons. The largest absolute Gasteiger partial charge is 0.0811 e. The van der Waals surface area contributed by atoms with E-state index in [-0.39, 0.29) is 30.1 Å². The third-order valence-electron chi connectivity index (χ3n) is 6.05. The van der Waals surface area contributed by atoms with Crippen molar-refractivity contribution in [3.8, 4) is 0 Å². The summed E-state index contributed by atoms with van der Waals surface area (Å²) in [6, 6.07) is 0. The molecule has 5 aliphatic heterocycles. The van der Waals surface area contributed by atoms with E-state index in [1.165, 1.54) is 0 Å². The van der Waals surface area contributed by atoms with Crippen LogP contribution in [0.4, 0.5) is 0 Å². The van der Waals surface area contributed by atoms with Crippen molar-refractivity contribution in [2.75, 3.05) is 0 Å². The molecule has 6 heteroatoms.